The summed E-state index contributed by atoms with van der Waals surface area (Å²) < 4.78 is 31.2. The van der Waals surface area contributed by atoms with Crippen LogP contribution in [0.2, 0.25) is 0 Å². The Bertz CT molecular complexity index is 928. The molecule has 0 radical (unpaired) electrons. The Balaban J connectivity index is 1.65. The predicted molar refractivity (Wildman–Crippen MR) is 128 cm³/mol. The normalized spacial score (nSPS) is 10.8. The van der Waals surface area contributed by atoms with Crippen molar-refractivity contribution in [3.63, 3.8) is 0 Å². The summed E-state index contributed by atoms with van der Waals surface area (Å²) in [5.74, 6) is 1.46. The summed E-state index contributed by atoms with van der Waals surface area (Å²) in [6.07, 6.45) is 7.11. The molecule has 0 N–H and O–H groups in total. The van der Waals surface area contributed by atoms with Crippen LogP contribution in [0.15, 0.2) is 48.6 Å². The van der Waals surface area contributed by atoms with Gasteiger partial charge in [0.05, 0.1) is 41.7 Å². The van der Waals surface area contributed by atoms with Crippen LogP contribution in [0.5, 0.6) is 23.0 Å². The number of hydrogen-bond donors (Lipinski definition) is 0. The minimum absolute atomic E-state index is 0.230. The van der Waals surface area contributed by atoms with Crippen LogP contribution < -0.4 is 18.9 Å². The van der Waals surface area contributed by atoms with Gasteiger partial charge in [0, 0.05) is 12.2 Å². The van der Waals surface area contributed by atoms with Gasteiger partial charge in [0.1, 0.15) is 0 Å². The molecule has 34 heavy (non-hydrogen) atoms. The van der Waals surface area contributed by atoms with E-state index < -0.39 is 11.9 Å². The molecule has 2 aromatic carbocycles. The van der Waals surface area contributed by atoms with E-state index in [4.69, 9.17) is 28.4 Å². The van der Waals surface area contributed by atoms with E-state index in [1.54, 1.807) is 77.0 Å². The SMILES string of the molecule is COc1ccc(/C=C/C(=O)OCCCCOC(=O)/C=C/c2ccc(OC)c(OC)c2)cc1OC. The van der Waals surface area contributed by atoms with Crippen molar-refractivity contribution in [1.82, 2.24) is 0 Å². The van der Waals surface area contributed by atoms with Gasteiger partial charge in [-0.15, -0.1) is 0 Å². The number of esters is 2. The maximum absolute atomic E-state index is 11.9. The fraction of sp³-hybridized carbons (Fsp3) is 0.308. The number of carbonyl (C=O) groups is 2. The fourth-order valence-corrected chi connectivity index (χ4v) is 2.89. The first-order valence-corrected chi connectivity index (χ1v) is 10.6. The number of hydrogen-bond acceptors (Lipinski definition) is 8. The summed E-state index contributed by atoms with van der Waals surface area (Å²) in [4.78, 5) is 23.7. The first kappa shape index (κ1) is 26.3. The van der Waals surface area contributed by atoms with Gasteiger partial charge in [0.25, 0.3) is 0 Å². The smallest absolute Gasteiger partial charge is 0.330 e. The van der Waals surface area contributed by atoms with Crippen molar-refractivity contribution in [3.8, 4) is 23.0 Å². The van der Waals surface area contributed by atoms with Gasteiger partial charge in [0.2, 0.25) is 0 Å². The van der Waals surface area contributed by atoms with Crippen molar-refractivity contribution in [3.05, 3.63) is 59.7 Å². The maximum Gasteiger partial charge on any atom is 0.330 e. The van der Waals surface area contributed by atoms with Crippen molar-refractivity contribution < 1.29 is 38.0 Å². The van der Waals surface area contributed by atoms with E-state index in [-0.39, 0.29) is 13.2 Å². The maximum atomic E-state index is 11.9. The molecule has 0 amide bonds. The molecule has 0 aliphatic rings. The third kappa shape index (κ3) is 8.54. The van der Waals surface area contributed by atoms with Crippen LogP contribution in [0.4, 0.5) is 0 Å². The second-order valence-corrected chi connectivity index (χ2v) is 6.94. The molecule has 0 fully saturated rings. The van der Waals surface area contributed by atoms with E-state index in [9.17, 15) is 9.59 Å². The van der Waals surface area contributed by atoms with Crippen LogP contribution in [0, 0.1) is 0 Å². The lowest BCUT2D eigenvalue weighted by molar-refractivity contribution is -0.140. The van der Waals surface area contributed by atoms with E-state index in [0.29, 0.717) is 35.8 Å². The Kier molecular flexibility index (Phi) is 11.0. The highest BCUT2D eigenvalue weighted by Gasteiger charge is 2.05. The number of methoxy groups -OCH3 is 4. The van der Waals surface area contributed by atoms with Gasteiger partial charge in [-0.05, 0) is 60.4 Å². The second kappa shape index (κ2) is 14.3. The summed E-state index contributed by atoms with van der Waals surface area (Å²) in [5, 5.41) is 0. The first-order chi connectivity index (χ1) is 16.5. The van der Waals surface area contributed by atoms with Crippen molar-refractivity contribution >= 4 is 24.1 Å². The van der Waals surface area contributed by atoms with Crippen LogP contribution >= 0.6 is 0 Å². The van der Waals surface area contributed by atoms with Gasteiger partial charge in [-0.2, -0.15) is 0 Å². The van der Waals surface area contributed by atoms with Gasteiger partial charge in [-0.1, -0.05) is 12.1 Å². The van der Waals surface area contributed by atoms with Gasteiger partial charge >= 0.3 is 11.9 Å². The van der Waals surface area contributed by atoms with Crippen LogP contribution in [-0.2, 0) is 19.1 Å². The van der Waals surface area contributed by atoms with Crippen LogP contribution in [0.3, 0.4) is 0 Å². The van der Waals surface area contributed by atoms with Gasteiger partial charge in [-0.25, -0.2) is 9.59 Å². The monoisotopic (exact) mass is 470 g/mol. The molecule has 0 aromatic heterocycles. The summed E-state index contributed by atoms with van der Waals surface area (Å²) in [6.45, 7) is 0.461. The van der Waals surface area contributed by atoms with Gasteiger partial charge < -0.3 is 28.4 Å². The highest BCUT2D eigenvalue weighted by Crippen LogP contribution is 2.28. The molecule has 2 rings (SSSR count). The summed E-state index contributed by atoms with van der Waals surface area (Å²) in [5.41, 5.74) is 1.56. The van der Waals surface area contributed by atoms with Gasteiger partial charge in [0.15, 0.2) is 23.0 Å². The van der Waals surface area contributed by atoms with E-state index >= 15 is 0 Å². The quantitative estimate of drug-likeness (QED) is 0.243. The standard InChI is InChI=1S/C26H30O8/c1-29-21-11-7-19(17-23(21)31-3)9-13-25(27)33-15-5-6-16-34-26(28)14-10-20-8-12-22(30-2)24(18-20)32-4/h7-14,17-18H,5-6,15-16H2,1-4H3/b13-9+,14-10+. The molecule has 8 heteroatoms. The number of carbonyl (C=O) groups excluding carboxylic acids is 2. The third-order valence-electron chi connectivity index (χ3n) is 4.67. The summed E-state index contributed by atoms with van der Waals surface area (Å²) >= 11 is 0. The molecule has 2 aromatic rings. The molecule has 182 valence electrons. The van der Waals surface area contributed by atoms with Crippen molar-refractivity contribution in [2.45, 2.75) is 12.8 Å². The largest absolute Gasteiger partial charge is 0.493 e. The summed E-state index contributed by atoms with van der Waals surface area (Å²) in [7, 11) is 6.21. The lowest BCUT2D eigenvalue weighted by Gasteiger charge is -2.07. The molecule has 0 spiro atoms. The lowest BCUT2D eigenvalue weighted by Crippen LogP contribution is -2.06. The molecule has 8 nitrogen and oxygen atoms in total. The Morgan fingerprint density at radius 2 is 1.00 bits per heavy atom. The molecule has 0 unspecified atom stereocenters. The van der Waals surface area contributed by atoms with Gasteiger partial charge in [-0.3, -0.25) is 0 Å². The number of ether oxygens (including phenoxy) is 6. The molecule has 0 aliphatic carbocycles. The average Bonchev–Trinajstić information content (AvgIpc) is 2.87. The van der Waals surface area contributed by atoms with Crippen LogP contribution in [0.25, 0.3) is 12.2 Å². The van der Waals surface area contributed by atoms with Crippen LogP contribution in [-0.4, -0.2) is 53.6 Å². The van der Waals surface area contributed by atoms with E-state index in [2.05, 4.69) is 0 Å². The number of unbranched alkanes of at least 4 members (excludes halogenated alkanes) is 1. The van der Waals surface area contributed by atoms with Crippen molar-refractivity contribution in [2.24, 2.45) is 0 Å². The van der Waals surface area contributed by atoms with E-state index in [1.807, 2.05) is 0 Å². The molecular weight excluding hydrogens is 440 g/mol. The van der Waals surface area contributed by atoms with E-state index in [0.717, 1.165) is 11.1 Å². The van der Waals surface area contributed by atoms with Crippen molar-refractivity contribution in [2.75, 3.05) is 41.7 Å². The zero-order chi connectivity index (χ0) is 24.8. The Labute approximate surface area is 199 Å². The average molecular weight is 471 g/mol. The number of benzene rings is 2. The first-order valence-electron chi connectivity index (χ1n) is 10.6. The Morgan fingerprint density at radius 3 is 1.35 bits per heavy atom. The molecular formula is C26H30O8. The lowest BCUT2D eigenvalue weighted by atomic mass is 10.2. The number of rotatable bonds is 13. The molecule has 0 atom stereocenters. The zero-order valence-corrected chi connectivity index (χ0v) is 19.9. The van der Waals surface area contributed by atoms with Crippen molar-refractivity contribution in [1.29, 1.82) is 0 Å². The molecule has 0 saturated carbocycles. The third-order valence-corrected chi connectivity index (χ3v) is 4.67. The molecule has 0 saturated heterocycles. The van der Waals surface area contributed by atoms with Crippen LogP contribution in [0.1, 0.15) is 24.0 Å². The highest BCUT2D eigenvalue weighted by molar-refractivity contribution is 5.87. The fourth-order valence-electron chi connectivity index (χ4n) is 2.89. The minimum Gasteiger partial charge on any atom is -0.493 e. The molecule has 0 aliphatic heterocycles. The summed E-state index contributed by atoms with van der Waals surface area (Å²) in [6, 6.07) is 10.6. The highest BCUT2D eigenvalue weighted by atomic mass is 16.5. The minimum atomic E-state index is -0.454. The Hall–Kier alpha value is -3.94. The molecule has 0 heterocycles. The Morgan fingerprint density at radius 1 is 0.618 bits per heavy atom. The second-order valence-electron chi connectivity index (χ2n) is 6.94. The topological polar surface area (TPSA) is 89.5 Å². The molecule has 0 bridgehead atoms. The zero-order valence-electron chi connectivity index (χ0n) is 19.9. The van der Waals surface area contributed by atoms with E-state index in [1.165, 1.54) is 12.2 Å². The predicted octanol–water partition coefficient (Wildman–Crippen LogP) is 4.31.